The third-order valence-electron chi connectivity index (χ3n) is 3.84. The molecule has 0 saturated carbocycles. The summed E-state index contributed by atoms with van der Waals surface area (Å²) >= 11 is 3.57. The second-order valence-corrected chi connectivity index (χ2v) is 7.57. The number of ether oxygens (including phenoxy) is 2. The lowest BCUT2D eigenvalue weighted by atomic mass is 9.88. The largest absolute Gasteiger partial charge is 0.496 e. The highest BCUT2D eigenvalue weighted by atomic mass is 79.9. The molecule has 4 heteroatoms. The van der Waals surface area contributed by atoms with Crippen molar-refractivity contribution >= 4 is 15.9 Å². The lowest BCUT2D eigenvalue weighted by Crippen LogP contribution is -2.41. The van der Waals surface area contributed by atoms with E-state index in [0.29, 0.717) is 5.92 Å². The standard InChI is InChI=1S/C17H26BrNO2/c1-17(2,3)19-11-13-6-5-9-21-16(13)12-7-8-15(20-4)14(18)10-12/h7-8,10,13,16,19H,5-6,9,11H2,1-4H3. The summed E-state index contributed by atoms with van der Waals surface area (Å²) in [5.41, 5.74) is 1.37. The third-order valence-corrected chi connectivity index (χ3v) is 4.46. The van der Waals surface area contributed by atoms with Crippen molar-refractivity contribution in [1.82, 2.24) is 5.32 Å². The van der Waals surface area contributed by atoms with Crippen LogP contribution in [0.5, 0.6) is 5.75 Å². The van der Waals surface area contributed by atoms with Crippen molar-refractivity contribution in [1.29, 1.82) is 0 Å². The number of hydrogen-bond acceptors (Lipinski definition) is 3. The molecule has 1 aromatic carbocycles. The first-order valence-corrected chi connectivity index (χ1v) is 8.40. The topological polar surface area (TPSA) is 30.5 Å². The van der Waals surface area contributed by atoms with Crippen molar-refractivity contribution in [2.45, 2.75) is 45.3 Å². The van der Waals surface area contributed by atoms with Gasteiger partial charge in [-0.2, -0.15) is 0 Å². The number of rotatable bonds is 4. The van der Waals surface area contributed by atoms with Crippen LogP contribution < -0.4 is 10.1 Å². The van der Waals surface area contributed by atoms with Crippen molar-refractivity contribution in [3.05, 3.63) is 28.2 Å². The molecule has 3 nitrogen and oxygen atoms in total. The van der Waals surface area contributed by atoms with E-state index in [1.165, 1.54) is 12.0 Å². The van der Waals surface area contributed by atoms with E-state index >= 15 is 0 Å². The Morgan fingerprint density at radius 1 is 1.38 bits per heavy atom. The normalized spacial score (nSPS) is 23.1. The number of nitrogens with one attached hydrogen (secondary N) is 1. The fourth-order valence-electron chi connectivity index (χ4n) is 2.72. The zero-order valence-corrected chi connectivity index (χ0v) is 15.0. The summed E-state index contributed by atoms with van der Waals surface area (Å²) in [6.07, 6.45) is 2.51. The van der Waals surface area contributed by atoms with Gasteiger partial charge in [0, 0.05) is 24.6 Å². The van der Waals surface area contributed by atoms with Gasteiger partial charge < -0.3 is 14.8 Å². The third kappa shape index (κ3) is 4.70. The molecule has 0 aliphatic carbocycles. The molecule has 1 fully saturated rings. The second-order valence-electron chi connectivity index (χ2n) is 6.72. The Morgan fingerprint density at radius 2 is 2.14 bits per heavy atom. The lowest BCUT2D eigenvalue weighted by Gasteiger charge is -2.34. The molecule has 1 aromatic rings. The van der Waals surface area contributed by atoms with E-state index in [0.717, 1.165) is 29.8 Å². The van der Waals surface area contributed by atoms with Gasteiger partial charge in [0.15, 0.2) is 0 Å². The quantitative estimate of drug-likeness (QED) is 0.872. The molecule has 0 radical (unpaired) electrons. The highest BCUT2D eigenvalue weighted by Gasteiger charge is 2.28. The smallest absolute Gasteiger partial charge is 0.133 e. The van der Waals surface area contributed by atoms with Gasteiger partial charge in [-0.1, -0.05) is 6.07 Å². The molecular formula is C17H26BrNO2. The molecule has 0 spiro atoms. The monoisotopic (exact) mass is 355 g/mol. The SMILES string of the molecule is COc1ccc(C2OCCCC2CNC(C)(C)C)cc1Br. The number of hydrogen-bond donors (Lipinski definition) is 1. The molecule has 1 N–H and O–H groups in total. The maximum Gasteiger partial charge on any atom is 0.133 e. The molecule has 2 unspecified atom stereocenters. The van der Waals surface area contributed by atoms with Crippen LogP contribution in [0.3, 0.4) is 0 Å². The van der Waals surface area contributed by atoms with E-state index in [2.05, 4.69) is 54.2 Å². The Morgan fingerprint density at radius 3 is 2.76 bits per heavy atom. The molecule has 2 rings (SSSR count). The van der Waals surface area contributed by atoms with Gasteiger partial charge in [0.2, 0.25) is 0 Å². The van der Waals surface area contributed by atoms with Crippen LogP contribution in [-0.4, -0.2) is 25.8 Å². The molecule has 1 aliphatic rings. The van der Waals surface area contributed by atoms with E-state index < -0.39 is 0 Å². The molecule has 118 valence electrons. The first-order valence-electron chi connectivity index (χ1n) is 7.61. The minimum Gasteiger partial charge on any atom is -0.496 e. The summed E-state index contributed by atoms with van der Waals surface area (Å²) in [6.45, 7) is 8.44. The van der Waals surface area contributed by atoms with Crippen molar-refractivity contribution in [2.24, 2.45) is 5.92 Å². The predicted octanol–water partition coefficient (Wildman–Crippen LogP) is 4.31. The fourth-order valence-corrected chi connectivity index (χ4v) is 3.28. The molecule has 1 heterocycles. The predicted molar refractivity (Wildman–Crippen MR) is 89.9 cm³/mol. The zero-order chi connectivity index (χ0) is 15.5. The molecule has 1 saturated heterocycles. The van der Waals surface area contributed by atoms with Crippen molar-refractivity contribution in [3.63, 3.8) is 0 Å². The van der Waals surface area contributed by atoms with Crippen LogP contribution in [0, 0.1) is 5.92 Å². The first-order chi connectivity index (χ1) is 9.90. The molecular weight excluding hydrogens is 330 g/mol. The number of methoxy groups -OCH3 is 1. The summed E-state index contributed by atoms with van der Waals surface area (Å²) in [5.74, 6) is 1.37. The number of benzene rings is 1. The van der Waals surface area contributed by atoms with Gasteiger partial charge in [0.25, 0.3) is 0 Å². The van der Waals surface area contributed by atoms with Crippen LogP contribution in [0.2, 0.25) is 0 Å². The Hall–Kier alpha value is -0.580. The minimum atomic E-state index is 0.141. The Labute approximate surface area is 136 Å². The van der Waals surface area contributed by atoms with Crippen molar-refractivity contribution in [3.8, 4) is 5.75 Å². The first kappa shape index (κ1) is 16.8. The molecule has 21 heavy (non-hydrogen) atoms. The second kappa shape index (κ2) is 7.12. The van der Waals surface area contributed by atoms with Crippen LogP contribution in [-0.2, 0) is 4.74 Å². The van der Waals surface area contributed by atoms with Gasteiger partial charge >= 0.3 is 0 Å². The summed E-state index contributed by atoms with van der Waals surface area (Å²) < 4.78 is 12.4. The fraction of sp³-hybridized carbons (Fsp3) is 0.647. The van der Waals surface area contributed by atoms with Gasteiger partial charge in [-0.15, -0.1) is 0 Å². The molecule has 0 aromatic heterocycles. The van der Waals surface area contributed by atoms with Crippen LogP contribution in [0.1, 0.15) is 45.3 Å². The maximum atomic E-state index is 6.07. The maximum absolute atomic E-state index is 6.07. The molecule has 1 aliphatic heterocycles. The van der Waals surface area contributed by atoms with Crippen molar-refractivity contribution in [2.75, 3.05) is 20.3 Å². The molecule has 2 atom stereocenters. The lowest BCUT2D eigenvalue weighted by molar-refractivity contribution is -0.0293. The summed E-state index contributed by atoms with van der Waals surface area (Å²) in [4.78, 5) is 0. The van der Waals surface area contributed by atoms with Crippen molar-refractivity contribution < 1.29 is 9.47 Å². The van der Waals surface area contributed by atoms with E-state index in [4.69, 9.17) is 9.47 Å². The highest BCUT2D eigenvalue weighted by molar-refractivity contribution is 9.10. The Bertz CT molecular complexity index is 470. The van der Waals surface area contributed by atoms with Crippen LogP contribution in [0.4, 0.5) is 0 Å². The summed E-state index contributed by atoms with van der Waals surface area (Å²) in [5, 5.41) is 3.61. The van der Waals surface area contributed by atoms with E-state index in [9.17, 15) is 0 Å². The van der Waals surface area contributed by atoms with Gasteiger partial charge in [0.05, 0.1) is 17.7 Å². The van der Waals surface area contributed by atoms with Crippen LogP contribution in [0.25, 0.3) is 0 Å². The zero-order valence-electron chi connectivity index (χ0n) is 13.4. The van der Waals surface area contributed by atoms with Crippen LogP contribution >= 0.6 is 15.9 Å². The van der Waals surface area contributed by atoms with Crippen LogP contribution in [0.15, 0.2) is 22.7 Å². The van der Waals surface area contributed by atoms with Gasteiger partial charge in [-0.25, -0.2) is 0 Å². The Balaban J connectivity index is 2.12. The average molecular weight is 356 g/mol. The molecule has 0 amide bonds. The summed E-state index contributed by atoms with van der Waals surface area (Å²) in [6, 6.07) is 6.24. The van der Waals surface area contributed by atoms with Gasteiger partial charge in [0.1, 0.15) is 5.75 Å². The summed E-state index contributed by atoms with van der Waals surface area (Å²) in [7, 11) is 1.69. The molecule has 0 bridgehead atoms. The Kier molecular flexibility index (Phi) is 5.69. The van der Waals surface area contributed by atoms with E-state index in [1.807, 2.05) is 6.07 Å². The number of halogens is 1. The van der Waals surface area contributed by atoms with E-state index in [1.54, 1.807) is 7.11 Å². The van der Waals surface area contributed by atoms with E-state index in [-0.39, 0.29) is 11.6 Å². The minimum absolute atomic E-state index is 0.141. The highest BCUT2D eigenvalue weighted by Crippen LogP contribution is 2.36. The van der Waals surface area contributed by atoms with Gasteiger partial charge in [-0.3, -0.25) is 0 Å². The average Bonchev–Trinajstić information content (AvgIpc) is 2.44. The van der Waals surface area contributed by atoms with Gasteiger partial charge in [-0.05, 0) is 67.2 Å².